The van der Waals surface area contributed by atoms with Crippen molar-refractivity contribution in [2.45, 2.75) is 13.3 Å². The average Bonchev–Trinajstić information content (AvgIpc) is 3.01. The summed E-state index contributed by atoms with van der Waals surface area (Å²) in [6.07, 6.45) is 8.16. The van der Waals surface area contributed by atoms with Gasteiger partial charge in [0.15, 0.2) is 0 Å². The van der Waals surface area contributed by atoms with Gasteiger partial charge in [-0.15, -0.1) is 0 Å². The zero-order chi connectivity index (χ0) is 15.9. The lowest BCUT2D eigenvalue weighted by Crippen LogP contribution is -1.96. The number of hydrogen-bond donors (Lipinski definition) is 1. The summed E-state index contributed by atoms with van der Waals surface area (Å²) in [7, 11) is 0. The molecule has 0 radical (unpaired) electrons. The van der Waals surface area contributed by atoms with Crippen molar-refractivity contribution in [3.63, 3.8) is 0 Å². The molecule has 0 atom stereocenters. The lowest BCUT2D eigenvalue weighted by atomic mass is 10.1. The number of aromatic carboxylic acids is 1. The van der Waals surface area contributed by atoms with Crippen LogP contribution in [0.25, 0.3) is 17.0 Å². The van der Waals surface area contributed by atoms with Crippen LogP contribution in [0.3, 0.4) is 0 Å². The molecule has 1 N–H and O–H groups in total. The molecule has 112 valence electrons. The number of carboxylic acid groups (broad SMARTS) is 1. The van der Waals surface area contributed by atoms with Crippen molar-refractivity contribution < 1.29 is 14.4 Å². The summed E-state index contributed by atoms with van der Waals surface area (Å²) < 4.78 is 5.26. The Balaban J connectivity index is 2.36. The van der Waals surface area contributed by atoms with Crippen LogP contribution >= 0.6 is 0 Å². The van der Waals surface area contributed by atoms with Gasteiger partial charge in [-0.25, -0.2) is 4.79 Å². The third-order valence-corrected chi connectivity index (χ3v) is 2.87. The number of carboxylic acids is 1. The van der Waals surface area contributed by atoms with Crippen LogP contribution in [0, 0.1) is 0 Å². The highest BCUT2D eigenvalue weighted by molar-refractivity contribution is 5.89. The van der Waals surface area contributed by atoms with Crippen molar-refractivity contribution in [2.24, 2.45) is 0 Å². The second-order valence-electron chi connectivity index (χ2n) is 4.48. The molecule has 0 amide bonds. The minimum absolute atomic E-state index is 0.177. The smallest absolute Gasteiger partial charge is 0.335 e. The predicted molar refractivity (Wildman–Crippen MR) is 84.3 cm³/mol. The maximum absolute atomic E-state index is 11.0. The molecule has 22 heavy (non-hydrogen) atoms. The van der Waals surface area contributed by atoms with Gasteiger partial charge >= 0.3 is 5.97 Å². The normalized spacial score (nSPS) is 11.8. The number of nitrogens with zero attached hydrogens (tertiary/aromatic N) is 2. The zero-order valence-corrected chi connectivity index (χ0v) is 12.2. The first-order valence-corrected chi connectivity index (χ1v) is 6.82. The van der Waals surface area contributed by atoms with Crippen LogP contribution in [-0.2, 0) is 0 Å². The molecule has 0 fully saturated rings. The van der Waals surface area contributed by atoms with Crippen LogP contribution in [0.2, 0.25) is 0 Å². The number of benzene rings is 1. The van der Waals surface area contributed by atoms with Crippen LogP contribution in [-0.4, -0.2) is 21.2 Å². The van der Waals surface area contributed by atoms with Gasteiger partial charge in [0.2, 0.25) is 5.82 Å². The Kier molecular flexibility index (Phi) is 5.03. The van der Waals surface area contributed by atoms with Crippen LogP contribution in [0.15, 0.2) is 59.7 Å². The fourth-order valence-electron chi connectivity index (χ4n) is 1.82. The molecule has 1 aromatic heterocycles. The maximum Gasteiger partial charge on any atom is 0.335 e. The quantitative estimate of drug-likeness (QED) is 0.816. The first-order valence-electron chi connectivity index (χ1n) is 6.82. The van der Waals surface area contributed by atoms with E-state index >= 15 is 0 Å². The second-order valence-corrected chi connectivity index (χ2v) is 4.48. The molecule has 5 heteroatoms. The van der Waals surface area contributed by atoms with E-state index in [1.807, 2.05) is 19.1 Å². The van der Waals surface area contributed by atoms with E-state index in [9.17, 15) is 4.79 Å². The molecule has 2 aromatic rings. The predicted octanol–water partition coefficient (Wildman–Crippen LogP) is 3.97. The Morgan fingerprint density at radius 2 is 2.27 bits per heavy atom. The maximum atomic E-state index is 11.0. The Labute approximate surface area is 128 Å². The largest absolute Gasteiger partial charge is 0.478 e. The third kappa shape index (κ3) is 3.58. The summed E-state index contributed by atoms with van der Waals surface area (Å²) in [6.45, 7) is 5.69. The number of carbonyl (C=O) groups is 1. The van der Waals surface area contributed by atoms with Crippen molar-refractivity contribution >= 4 is 11.5 Å². The molecule has 5 nitrogen and oxygen atoms in total. The van der Waals surface area contributed by atoms with Crippen LogP contribution < -0.4 is 0 Å². The molecule has 1 aromatic carbocycles. The molecule has 0 unspecified atom stereocenters. The standard InChI is InChI=1S/C17H16N2O3/c1-3-5-8-12(7-4-2)16-18-15(19-22-16)13-9-6-10-14(11-13)17(20)21/h4-11H,2-3H2,1H3,(H,20,21)/b8-5-,12-7+. The van der Waals surface area contributed by atoms with Crippen molar-refractivity contribution in [3.8, 4) is 11.4 Å². The topological polar surface area (TPSA) is 76.2 Å². The minimum Gasteiger partial charge on any atom is -0.478 e. The van der Waals surface area contributed by atoms with Crippen molar-refractivity contribution in [1.82, 2.24) is 10.1 Å². The van der Waals surface area contributed by atoms with Gasteiger partial charge < -0.3 is 9.63 Å². The molecule has 0 saturated carbocycles. The highest BCUT2D eigenvalue weighted by atomic mass is 16.5. The van der Waals surface area contributed by atoms with Gasteiger partial charge in [0.05, 0.1) is 5.56 Å². The number of rotatable bonds is 6. The summed E-state index contributed by atoms with van der Waals surface area (Å²) in [4.78, 5) is 15.3. The van der Waals surface area contributed by atoms with Gasteiger partial charge in [0, 0.05) is 11.1 Å². The fourth-order valence-corrected chi connectivity index (χ4v) is 1.82. The lowest BCUT2D eigenvalue weighted by Gasteiger charge is -1.97. The molecule has 0 aliphatic carbocycles. The summed E-state index contributed by atoms with van der Waals surface area (Å²) >= 11 is 0. The number of allylic oxidation sites excluding steroid dienone is 5. The molecule has 0 saturated heterocycles. The van der Waals surface area contributed by atoms with E-state index in [-0.39, 0.29) is 5.56 Å². The van der Waals surface area contributed by atoms with Crippen molar-refractivity contribution in [3.05, 3.63) is 66.6 Å². The number of hydrogen-bond acceptors (Lipinski definition) is 4. The first-order chi connectivity index (χ1) is 10.7. The van der Waals surface area contributed by atoms with E-state index < -0.39 is 5.97 Å². The molecule has 0 aliphatic rings. The van der Waals surface area contributed by atoms with Gasteiger partial charge in [-0.2, -0.15) is 4.98 Å². The van der Waals surface area contributed by atoms with Gasteiger partial charge in [-0.05, 0) is 18.6 Å². The Morgan fingerprint density at radius 1 is 1.45 bits per heavy atom. The average molecular weight is 296 g/mol. The zero-order valence-electron chi connectivity index (χ0n) is 12.2. The van der Waals surface area contributed by atoms with E-state index in [1.165, 1.54) is 12.1 Å². The third-order valence-electron chi connectivity index (χ3n) is 2.87. The van der Waals surface area contributed by atoms with E-state index in [2.05, 4.69) is 16.7 Å². The van der Waals surface area contributed by atoms with Crippen LogP contribution in [0.5, 0.6) is 0 Å². The van der Waals surface area contributed by atoms with E-state index in [4.69, 9.17) is 9.63 Å². The van der Waals surface area contributed by atoms with Crippen LogP contribution in [0.1, 0.15) is 29.6 Å². The molecular formula is C17H16N2O3. The monoisotopic (exact) mass is 296 g/mol. The molecule has 1 heterocycles. The molecule has 2 rings (SSSR count). The van der Waals surface area contributed by atoms with E-state index in [0.717, 1.165) is 12.0 Å². The Bertz CT molecular complexity index is 742. The molecular weight excluding hydrogens is 280 g/mol. The van der Waals surface area contributed by atoms with E-state index in [0.29, 0.717) is 17.3 Å². The Morgan fingerprint density at radius 3 is 2.95 bits per heavy atom. The molecule has 0 spiro atoms. The van der Waals surface area contributed by atoms with Gasteiger partial charge in [0.1, 0.15) is 0 Å². The SMILES string of the molecule is C=C/C=C(\C=C/CC)c1nc(-c2cccc(C(=O)O)c2)no1. The highest BCUT2D eigenvalue weighted by Crippen LogP contribution is 2.21. The summed E-state index contributed by atoms with van der Waals surface area (Å²) in [5.74, 6) is -0.290. The number of aromatic nitrogens is 2. The van der Waals surface area contributed by atoms with Crippen molar-refractivity contribution in [1.29, 1.82) is 0 Å². The highest BCUT2D eigenvalue weighted by Gasteiger charge is 2.12. The Hall–Kier alpha value is -2.95. The summed E-state index contributed by atoms with van der Waals surface area (Å²) in [5, 5.41) is 12.9. The van der Waals surface area contributed by atoms with Gasteiger partial charge in [0.25, 0.3) is 5.89 Å². The second kappa shape index (κ2) is 7.17. The summed E-state index contributed by atoms with van der Waals surface area (Å²) in [5.41, 5.74) is 1.52. The lowest BCUT2D eigenvalue weighted by molar-refractivity contribution is 0.0697. The molecule has 0 aliphatic heterocycles. The van der Waals surface area contributed by atoms with Crippen molar-refractivity contribution in [2.75, 3.05) is 0 Å². The molecule has 0 bridgehead atoms. The first kappa shape index (κ1) is 15.4. The summed E-state index contributed by atoms with van der Waals surface area (Å²) in [6, 6.07) is 6.40. The minimum atomic E-state index is -0.997. The fraction of sp³-hybridized carbons (Fsp3) is 0.118. The van der Waals surface area contributed by atoms with E-state index in [1.54, 1.807) is 24.3 Å². The van der Waals surface area contributed by atoms with Gasteiger partial charge in [-0.1, -0.05) is 55.1 Å². The van der Waals surface area contributed by atoms with Crippen LogP contribution in [0.4, 0.5) is 0 Å². The van der Waals surface area contributed by atoms with Gasteiger partial charge in [-0.3, -0.25) is 0 Å².